The van der Waals surface area contributed by atoms with Crippen LogP contribution < -0.4 is 4.74 Å². The first-order valence-corrected chi connectivity index (χ1v) is 6.51. The summed E-state index contributed by atoms with van der Waals surface area (Å²) in [5, 5.41) is 8.76. The molecule has 0 aliphatic heterocycles. The highest BCUT2D eigenvalue weighted by Crippen LogP contribution is 2.33. The molecule has 0 aliphatic carbocycles. The molecule has 1 aromatic rings. The minimum absolute atomic E-state index is 0.143. The van der Waals surface area contributed by atoms with Crippen molar-refractivity contribution < 1.29 is 9.84 Å². The molecule has 1 rings (SSSR count). The van der Waals surface area contributed by atoms with Crippen molar-refractivity contribution in [1.82, 2.24) is 4.90 Å². The maximum absolute atomic E-state index is 8.90. The van der Waals surface area contributed by atoms with Gasteiger partial charge in [0.15, 0.2) is 0 Å². The molecule has 0 aliphatic rings. The largest absolute Gasteiger partial charge is 0.496 e. The molecule has 1 unspecified atom stereocenters. The van der Waals surface area contributed by atoms with Gasteiger partial charge in [-0.15, -0.1) is 11.6 Å². The van der Waals surface area contributed by atoms with Gasteiger partial charge < -0.3 is 14.7 Å². The van der Waals surface area contributed by atoms with E-state index < -0.39 is 0 Å². The van der Waals surface area contributed by atoms with Gasteiger partial charge in [0.1, 0.15) is 5.75 Å². The summed E-state index contributed by atoms with van der Waals surface area (Å²) >= 11 is 6.46. The Morgan fingerprint density at radius 3 is 2.61 bits per heavy atom. The fourth-order valence-corrected chi connectivity index (χ4v) is 2.53. The van der Waals surface area contributed by atoms with E-state index in [1.54, 1.807) is 7.11 Å². The van der Waals surface area contributed by atoms with Crippen LogP contribution in [0.15, 0.2) is 12.1 Å². The second-order valence-corrected chi connectivity index (χ2v) is 5.18. The minimum atomic E-state index is -0.143. The van der Waals surface area contributed by atoms with Gasteiger partial charge in [0.25, 0.3) is 0 Å². The van der Waals surface area contributed by atoms with Crippen LogP contribution in [0.3, 0.4) is 0 Å². The quantitative estimate of drug-likeness (QED) is 0.807. The van der Waals surface area contributed by atoms with E-state index in [1.807, 2.05) is 18.9 Å². The maximum Gasteiger partial charge on any atom is 0.126 e. The number of hydrogen-bond acceptors (Lipinski definition) is 3. The van der Waals surface area contributed by atoms with Gasteiger partial charge in [-0.25, -0.2) is 0 Å². The summed E-state index contributed by atoms with van der Waals surface area (Å²) < 4.78 is 5.44. The number of likely N-dealkylation sites (N-methyl/N-ethyl adjacent to an activating group) is 1. The zero-order valence-corrected chi connectivity index (χ0v) is 12.3. The number of aliphatic hydroxyl groups excluding tert-OH is 1. The lowest BCUT2D eigenvalue weighted by Crippen LogP contribution is -2.26. The summed E-state index contributed by atoms with van der Waals surface area (Å²) in [7, 11) is 3.61. The standard InChI is InChI=1S/C14H22ClNO2/c1-10-7-11(2)14(18-4)12(8-10)13(15)9-16(3)5-6-17/h7-8,13,17H,5-6,9H2,1-4H3. The highest BCUT2D eigenvalue weighted by molar-refractivity contribution is 6.21. The fourth-order valence-electron chi connectivity index (χ4n) is 2.13. The molecule has 0 amide bonds. The average molecular weight is 272 g/mol. The fraction of sp³-hybridized carbons (Fsp3) is 0.571. The molecule has 0 radical (unpaired) electrons. The monoisotopic (exact) mass is 271 g/mol. The van der Waals surface area contributed by atoms with Crippen molar-refractivity contribution in [3.8, 4) is 5.75 Å². The predicted molar refractivity (Wildman–Crippen MR) is 75.6 cm³/mol. The van der Waals surface area contributed by atoms with Crippen molar-refractivity contribution in [2.75, 3.05) is 33.9 Å². The Balaban J connectivity index is 2.93. The van der Waals surface area contributed by atoms with Crippen LogP contribution in [0.1, 0.15) is 22.1 Å². The molecule has 3 nitrogen and oxygen atoms in total. The summed E-state index contributed by atoms with van der Waals surface area (Å²) in [6.07, 6.45) is 0. The second-order valence-electron chi connectivity index (χ2n) is 4.66. The molecule has 1 atom stereocenters. The van der Waals surface area contributed by atoms with Gasteiger partial charge in [-0.05, 0) is 26.5 Å². The summed E-state index contributed by atoms with van der Waals surface area (Å²) in [4.78, 5) is 2.01. The van der Waals surface area contributed by atoms with Gasteiger partial charge in [0, 0.05) is 18.7 Å². The van der Waals surface area contributed by atoms with E-state index in [1.165, 1.54) is 5.56 Å². The van der Waals surface area contributed by atoms with E-state index >= 15 is 0 Å². The van der Waals surface area contributed by atoms with Crippen LogP contribution in [-0.4, -0.2) is 43.9 Å². The molecular weight excluding hydrogens is 250 g/mol. The Kier molecular flexibility index (Phi) is 5.93. The number of rotatable bonds is 6. The Hall–Kier alpha value is -0.770. The summed E-state index contributed by atoms with van der Waals surface area (Å²) in [5.41, 5.74) is 3.29. The number of ether oxygens (including phenoxy) is 1. The number of methoxy groups -OCH3 is 1. The minimum Gasteiger partial charge on any atom is -0.496 e. The van der Waals surface area contributed by atoms with Crippen LogP contribution in [-0.2, 0) is 0 Å². The highest BCUT2D eigenvalue weighted by atomic mass is 35.5. The third kappa shape index (κ3) is 3.87. The van der Waals surface area contributed by atoms with Gasteiger partial charge in [-0.2, -0.15) is 0 Å². The van der Waals surface area contributed by atoms with Crippen LogP contribution in [0, 0.1) is 13.8 Å². The van der Waals surface area contributed by atoms with Crippen molar-refractivity contribution in [3.63, 3.8) is 0 Å². The Bertz CT molecular complexity index is 396. The molecule has 102 valence electrons. The molecule has 0 bridgehead atoms. The van der Waals surface area contributed by atoms with Crippen LogP contribution in [0.4, 0.5) is 0 Å². The third-order valence-electron chi connectivity index (χ3n) is 2.94. The number of halogens is 1. The van der Waals surface area contributed by atoms with E-state index in [0.29, 0.717) is 13.1 Å². The van der Waals surface area contributed by atoms with Crippen molar-refractivity contribution >= 4 is 11.6 Å². The Morgan fingerprint density at radius 1 is 1.39 bits per heavy atom. The number of aliphatic hydroxyl groups is 1. The molecule has 1 N–H and O–H groups in total. The zero-order valence-electron chi connectivity index (χ0n) is 11.5. The van der Waals surface area contributed by atoms with Gasteiger partial charge in [-0.1, -0.05) is 17.7 Å². The molecule has 4 heteroatoms. The third-order valence-corrected chi connectivity index (χ3v) is 3.32. The lowest BCUT2D eigenvalue weighted by atomic mass is 10.0. The first kappa shape index (κ1) is 15.3. The first-order chi connectivity index (χ1) is 8.49. The molecule has 0 saturated carbocycles. The molecule has 0 heterocycles. The smallest absolute Gasteiger partial charge is 0.126 e. The second kappa shape index (κ2) is 6.98. The van der Waals surface area contributed by atoms with Gasteiger partial charge >= 0.3 is 0 Å². The van der Waals surface area contributed by atoms with Gasteiger partial charge in [0.2, 0.25) is 0 Å². The number of aryl methyl sites for hydroxylation is 2. The Morgan fingerprint density at radius 2 is 2.06 bits per heavy atom. The lowest BCUT2D eigenvalue weighted by molar-refractivity contribution is 0.221. The average Bonchev–Trinajstić information content (AvgIpc) is 2.28. The number of nitrogens with zero attached hydrogens (tertiary/aromatic N) is 1. The maximum atomic E-state index is 8.90. The highest BCUT2D eigenvalue weighted by Gasteiger charge is 2.17. The van der Waals surface area contributed by atoms with Crippen LogP contribution >= 0.6 is 11.6 Å². The molecule has 18 heavy (non-hydrogen) atoms. The SMILES string of the molecule is COc1c(C)cc(C)cc1C(Cl)CN(C)CCO. The number of alkyl halides is 1. The van der Waals surface area contributed by atoms with Crippen molar-refractivity contribution in [3.05, 3.63) is 28.8 Å². The normalized spacial score (nSPS) is 12.8. The van der Waals surface area contributed by atoms with E-state index in [0.717, 1.165) is 16.9 Å². The van der Waals surface area contributed by atoms with E-state index in [2.05, 4.69) is 19.1 Å². The van der Waals surface area contributed by atoms with E-state index in [-0.39, 0.29) is 12.0 Å². The molecular formula is C14H22ClNO2. The summed E-state index contributed by atoms with van der Waals surface area (Å²) in [6.45, 7) is 5.52. The molecule has 0 spiro atoms. The van der Waals surface area contributed by atoms with E-state index in [9.17, 15) is 0 Å². The van der Waals surface area contributed by atoms with Gasteiger partial charge in [-0.3, -0.25) is 0 Å². The molecule has 0 fully saturated rings. The van der Waals surface area contributed by atoms with Crippen molar-refractivity contribution in [2.24, 2.45) is 0 Å². The van der Waals surface area contributed by atoms with Crippen LogP contribution in [0.2, 0.25) is 0 Å². The van der Waals surface area contributed by atoms with Crippen molar-refractivity contribution in [2.45, 2.75) is 19.2 Å². The van der Waals surface area contributed by atoms with Gasteiger partial charge in [0.05, 0.1) is 19.1 Å². The van der Waals surface area contributed by atoms with Crippen LogP contribution in [0.25, 0.3) is 0 Å². The summed E-state index contributed by atoms with van der Waals surface area (Å²) in [5.74, 6) is 0.859. The first-order valence-electron chi connectivity index (χ1n) is 6.08. The summed E-state index contributed by atoms with van der Waals surface area (Å²) in [6, 6.07) is 4.15. The Labute approximate surface area is 114 Å². The topological polar surface area (TPSA) is 32.7 Å². The molecule has 0 aromatic heterocycles. The van der Waals surface area contributed by atoms with Crippen LogP contribution in [0.5, 0.6) is 5.75 Å². The number of benzene rings is 1. The molecule has 1 aromatic carbocycles. The van der Waals surface area contributed by atoms with Crippen molar-refractivity contribution in [1.29, 1.82) is 0 Å². The molecule has 0 saturated heterocycles. The predicted octanol–water partition coefficient (Wildman–Crippen LogP) is 2.52. The number of hydrogen-bond donors (Lipinski definition) is 1. The lowest BCUT2D eigenvalue weighted by Gasteiger charge is -2.22. The zero-order chi connectivity index (χ0) is 13.7. The van der Waals surface area contributed by atoms with E-state index in [4.69, 9.17) is 21.4 Å².